The Labute approximate surface area is 119 Å². The second-order valence-corrected chi connectivity index (χ2v) is 5.81. The van der Waals surface area contributed by atoms with Crippen LogP contribution in [0.15, 0.2) is 12.3 Å². The van der Waals surface area contributed by atoms with Crippen LogP contribution in [0.25, 0.3) is 0 Å². The van der Waals surface area contributed by atoms with Gasteiger partial charge in [0.15, 0.2) is 0 Å². The minimum atomic E-state index is -0.365. The van der Waals surface area contributed by atoms with Gasteiger partial charge in [-0.05, 0) is 37.2 Å². The SMILES string of the molecule is CCC1CCC(CNc2ncc(C)cc2[N+](=O)[O-])CC1. The van der Waals surface area contributed by atoms with Crippen LogP contribution < -0.4 is 5.32 Å². The Morgan fingerprint density at radius 2 is 2.00 bits per heavy atom. The summed E-state index contributed by atoms with van der Waals surface area (Å²) in [4.78, 5) is 14.8. The number of aromatic nitrogens is 1. The summed E-state index contributed by atoms with van der Waals surface area (Å²) in [5.41, 5.74) is 0.887. The largest absolute Gasteiger partial charge is 0.364 e. The second kappa shape index (κ2) is 6.68. The van der Waals surface area contributed by atoms with Crippen LogP contribution in [0.2, 0.25) is 0 Å². The Morgan fingerprint density at radius 1 is 1.35 bits per heavy atom. The third-order valence-electron chi connectivity index (χ3n) is 4.30. The fourth-order valence-electron chi connectivity index (χ4n) is 2.91. The van der Waals surface area contributed by atoms with E-state index in [1.165, 1.54) is 32.1 Å². The van der Waals surface area contributed by atoms with Crippen LogP contribution in [0.5, 0.6) is 0 Å². The average molecular weight is 277 g/mol. The van der Waals surface area contributed by atoms with Crippen molar-refractivity contribution in [2.24, 2.45) is 11.8 Å². The Kier molecular flexibility index (Phi) is 4.93. The standard InChI is InChI=1S/C15H23N3O2/c1-3-12-4-6-13(7-5-12)10-17-15-14(18(19)20)8-11(2)9-16-15/h8-9,12-13H,3-7,10H2,1-2H3,(H,16,17). The average Bonchev–Trinajstić information content (AvgIpc) is 2.46. The minimum absolute atomic E-state index is 0.0762. The van der Waals surface area contributed by atoms with Gasteiger partial charge in [-0.25, -0.2) is 4.98 Å². The molecule has 0 bridgehead atoms. The molecule has 1 fully saturated rings. The molecular weight excluding hydrogens is 254 g/mol. The molecule has 1 aliphatic carbocycles. The van der Waals surface area contributed by atoms with Gasteiger partial charge in [-0.1, -0.05) is 26.2 Å². The van der Waals surface area contributed by atoms with Gasteiger partial charge in [-0.2, -0.15) is 0 Å². The van der Waals surface area contributed by atoms with Crippen LogP contribution in [-0.2, 0) is 0 Å². The molecule has 0 atom stereocenters. The monoisotopic (exact) mass is 277 g/mol. The molecule has 5 heteroatoms. The third kappa shape index (κ3) is 3.68. The Hall–Kier alpha value is -1.65. The number of hydrogen-bond acceptors (Lipinski definition) is 4. The molecular formula is C15H23N3O2. The van der Waals surface area contributed by atoms with E-state index in [1.807, 2.05) is 6.92 Å². The predicted octanol–water partition coefficient (Wildman–Crippen LogP) is 3.93. The van der Waals surface area contributed by atoms with Gasteiger partial charge in [0.2, 0.25) is 5.82 Å². The van der Waals surface area contributed by atoms with Crippen molar-refractivity contribution in [2.45, 2.75) is 46.0 Å². The topological polar surface area (TPSA) is 68.1 Å². The van der Waals surface area contributed by atoms with Gasteiger partial charge in [-0.3, -0.25) is 10.1 Å². The molecule has 0 amide bonds. The zero-order valence-electron chi connectivity index (χ0n) is 12.3. The van der Waals surface area contributed by atoms with Crippen LogP contribution in [-0.4, -0.2) is 16.5 Å². The third-order valence-corrected chi connectivity index (χ3v) is 4.30. The first-order valence-electron chi connectivity index (χ1n) is 7.45. The molecule has 1 heterocycles. The molecule has 0 radical (unpaired) electrons. The van der Waals surface area contributed by atoms with E-state index in [0.29, 0.717) is 11.7 Å². The smallest absolute Gasteiger partial charge is 0.311 e. The van der Waals surface area contributed by atoms with Crippen LogP contribution in [0.3, 0.4) is 0 Å². The van der Waals surface area contributed by atoms with Gasteiger partial charge in [-0.15, -0.1) is 0 Å². The molecule has 0 aromatic carbocycles. The van der Waals surface area contributed by atoms with Crippen molar-refractivity contribution in [2.75, 3.05) is 11.9 Å². The summed E-state index contributed by atoms with van der Waals surface area (Å²) in [7, 11) is 0. The number of pyridine rings is 1. The maximum atomic E-state index is 11.0. The van der Waals surface area contributed by atoms with Crippen molar-refractivity contribution in [3.8, 4) is 0 Å². The van der Waals surface area contributed by atoms with Gasteiger partial charge in [0.05, 0.1) is 4.92 Å². The van der Waals surface area contributed by atoms with Gasteiger partial charge in [0.1, 0.15) is 0 Å². The van der Waals surface area contributed by atoms with E-state index in [9.17, 15) is 10.1 Å². The van der Waals surface area contributed by atoms with Gasteiger partial charge < -0.3 is 5.32 Å². The van der Waals surface area contributed by atoms with E-state index >= 15 is 0 Å². The highest BCUT2D eigenvalue weighted by Crippen LogP contribution is 2.31. The fourth-order valence-corrected chi connectivity index (χ4v) is 2.91. The summed E-state index contributed by atoms with van der Waals surface area (Å²) in [5, 5.41) is 14.2. The number of nitrogens with one attached hydrogen (secondary N) is 1. The molecule has 0 unspecified atom stereocenters. The molecule has 110 valence electrons. The molecule has 5 nitrogen and oxygen atoms in total. The lowest BCUT2D eigenvalue weighted by Crippen LogP contribution is -2.21. The summed E-state index contributed by atoms with van der Waals surface area (Å²) >= 11 is 0. The Morgan fingerprint density at radius 3 is 2.60 bits per heavy atom. The quantitative estimate of drug-likeness (QED) is 0.654. The number of anilines is 1. The normalized spacial score (nSPS) is 22.5. The zero-order valence-corrected chi connectivity index (χ0v) is 12.3. The maximum absolute atomic E-state index is 11.0. The van der Waals surface area contributed by atoms with Crippen molar-refractivity contribution in [1.29, 1.82) is 0 Å². The second-order valence-electron chi connectivity index (χ2n) is 5.81. The highest BCUT2D eigenvalue weighted by molar-refractivity contribution is 5.56. The van der Waals surface area contributed by atoms with Crippen molar-refractivity contribution in [3.05, 3.63) is 27.9 Å². The molecule has 0 spiro atoms. The van der Waals surface area contributed by atoms with E-state index in [2.05, 4.69) is 17.2 Å². The highest BCUT2D eigenvalue weighted by Gasteiger charge is 2.21. The van der Waals surface area contributed by atoms with Crippen molar-refractivity contribution >= 4 is 11.5 Å². The van der Waals surface area contributed by atoms with Crippen LogP contribution in [0.1, 0.15) is 44.6 Å². The first-order chi connectivity index (χ1) is 9.60. The molecule has 1 saturated carbocycles. The number of nitrogens with zero attached hydrogens (tertiary/aromatic N) is 2. The van der Waals surface area contributed by atoms with Crippen molar-refractivity contribution < 1.29 is 4.92 Å². The zero-order chi connectivity index (χ0) is 14.5. The summed E-state index contributed by atoms with van der Waals surface area (Å²) in [6, 6.07) is 1.57. The predicted molar refractivity (Wildman–Crippen MR) is 79.9 cm³/mol. The summed E-state index contributed by atoms with van der Waals surface area (Å²) in [6.07, 6.45) is 7.93. The fraction of sp³-hybridized carbons (Fsp3) is 0.667. The molecule has 1 N–H and O–H groups in total. The molecule has 0 saturated heterocycles. The molecule has 1 aromatic rings. The molecule has 2 rings (SSSR count). The number of hydrogen-bond donors (Lipinski definition) is 1. The first kappa shape index (κ1) is 14.8. The van der Waals surface area contributed by atoms with E-state index < -0.39 is 0 Å². The van der Waals surface area contributed by atoms with Crippen LogP contribution in [0, 0.1) is 28.9 Å². The molecule has 0 aliphatic heterocycles. The maximum Gasteiger partial charge on any atom is 0.311 e. The van der Waals surface area contributed by atoms with Gasteiger partial charge >= 0.3 is 5.69 Å². The van der Waals surface area contributed by atoms with E-state index in [0.717, 1.165) is 18.0 Å². The highest BCUT2D eigenvalue weighted by atomic mass is 16.6. The van der Waals surface area contributed by atoms with Crippen LogP contribution >= 0.6 is 0 Å². The molecule has 1 aromatic heterocycles. The lowest BCUT2D eigenvalue weighted by Gasteiger charge is -2.27. The van der Waals surface area contributed by atoms with Crippen LogP contribution in [0.4, 0.5) is 11.5 Å². The van der Waals surface area contributed by atoms with Crippen molar-refractivity contribution in [1.82, 2.24) is 4.98 Å². The molecule has 1 aliphatic rings. The lowest BCUT2D eigenvalue weighted by atomic mass is 9.81. The number of rotatable bonds is 5. The lowest BCUT2D eigenvalue weighted by molar-refractivity contribution is -0.384. The minimum Gasteiger partial charge on any atom is -0.364 e. The van der Waals surface area contributed by atoms with E-state index in [1.54, 1.807) is 12.3 Å². The van der Waals surface area contributed by atoms with Gasteiger partial charge in [0, 0.05) is 18.8 Å². The van der Waals surface area contributed by atoms with E-state index in [4.69, 9.17) is 0 Å². The summed E-state index contributed by atoms with van der Waals surface area (Å²) in [5.74, 6) is 1.89. The van der Waals surface area contributed by atoms with Crippen molar-refractivity contribution in [3.63, 3.8) is 0 Å². The van der Waals surface area contributed by atoms with Gasteiger partial charge in [0.25, 0.3) is 0 Å². The first-order valence-corrected chi connectivity index (χ1v) is 7.45. The Bertz CT molecular complexity index is 468. The Balaban J connectivity index is 1.93. The summed E-state index contributed by atoms with van der Waals surface area (Å²) < 4.78 is 0. The van der Waals surface area contributed by atoms with E-state index in [-0.39, 0.29) is 10.6 Å². The number of aryl methyl sites for hydroxylation is 1. The molecule has 20 heavy (non-hydrogen) atoms. The summed E-state index contributed by atoms with van der Waals surface area (Å²) in [6.45, 7) is 4.85. The number of nitro groups is 1.